The fourth-order valence-electron chi connectivity index (χ4n) is 1.95. The molecule has 2 rings (SSSR count). The number of aromatic nitrogens is 1. The average molecular weight is 244 g/mol. The van der Waals surface area contributed by atoms with E-state index in [1.54, 1.807) is 6.20 Å². The highest BCUT2D eigenvalue weighted by Crippen LogP contribution is 2.26. The van der Waals surface area contributed by atoms with Crippen LogP contribution in [0.4, 0.5) is 4.39 Å². The van der Waals surface area contributed by atoms with E-state index >= 15 is 0 Å². The molecule has 0 saturated heterocycles. The molecule has 1 unspecified atom stereocenters. The van der Waals surface area contributed by atoms with Crippen LogP contribution in [0.2, 0.25) is 0 Å². The number of benzene rings is 1. The van der Waals surface area contributed by atoms with E-state index in [9.17, 15) is 4.39 Å². The first-order chi connectivity index (χ1) is 8.54. The van der Waals surface area contributed by atoms with Gasteiger partial charge in [-0.15, -0.1) is 0 Å². The number of nitrogens with zero attached hydrogens (tertiary/aromatic N) is 1. The van der Waals surface area contributed by atoms with Gasteiger partial charge in [0.05, 0.1) is 11.7 Å². The first kappa shape index (κ1) is 12.7. The lowest BCUT2D eigenvalue weighted by Crippen LogP contribution is -2.34. The lowest BCUT2D eigenvalue weighted by Gasteiger charge is -2.25. The van der Waals surface area contributed by atoms with Crippen molar-refractivity contribution in [3.05, 3.63) is 65.2 Å². The van der Waals surface area contributed by atoms with Crippen LogP contribution in [0, 0.1) is 5.82 Å². The maximum Gasteiger partial charge on any atom is 0.141 e. The fraction of sp³-hybridized carbons (Fsp3) is 0.267. The quantitative estimate of drug-likeness (QED) is 0.901. The number of hydrogen-bond acceptors (Lipinski definition) is 2. The molecule has 2 N–H and O–H groups in total. The Morgan fingerprint density at radius 3 is 2.39 bits per heavy atom. The van der Waals surface area contributed by atoms with Crippen molar-refractivity contribution in [2.24, 2.45) is 5.73 Å². The molecule has 1 aromatic heterocycles. The second-order valence-corrected chi connectivity index (χ2v) is 4.64. The van der Waals surface area contributed by atoms with Crippen LogP contribution in [0.3, 0.4) is 0 Å². The Morgan fingerprint density at radius 1 is 1.17 bits per heavy atom. The van der Waals surface area contributed by atoms with Gasteiger partial charge in [-0.05, 0) is 36.1 Å². The molecule has 0 amide bonds. The Balaban J connectivity index is 2.40. The van der Waals surface area contributed by atoms with E-state index in [4.69, 9.17) is 5.73 Å². The van der Waals surface area contributed by atoms with Gasteiger partial charge in [0, 0.05) is 6.20 Å². The van der Waals surface area contributed by atoms with E-state index in [0.717, 1.165) is 12.0 Å². The number of nitrogens with two attached hydrogens (primary N) is 1. The van der Waals surface area contributed by atoms with Crippen molar-refractivity contribution in [2.45, 2.75) is 25.8 Å². The molecule has 0 aliphatic rings. The minimum atomic E-state index is -0.735. The number of aryl methyl sites for hydroxylation is 1. The Hall–Kier alpha value is -1.74. The highest BCUT2D eigenvalue weighted by atomic mass is 19.1. The van der Waals surface area contributed by atoms with Gasteiger partial charge in [-0.25, -0.2) is 4.39 Å². The molecule has 0 fully saturated rings. The second-order valence-electron chi connectivity index (χ2n) is 4.64. The van der Waals surface area contributed by atoms with Gasteiger partial charge < -0.3 is 5.73 Å². The Labute approximate surface area is 107 Å². The van der Waals surface area contributed by atoms with Crippen molar-refractivity contribution in [1.29, 1.82) is 0 Å². The number of rotatable bonds is 3. The molecule has 1 heterocycles. The van der Waals surface area contributed by atoms with Crippen molar-refractivity contribution < 1.29 is 4.39 Å². The lowest BCUT2D eigenvalue weighted by molar-refractivity contribution is 0.574. The van der Waals surface area contributed by atoms with E-state index in [2.05, 4.69) is 11.9 Å². The molecule has 0 aliphatic heterocycles. The predicted octanol–water partition coefficient (Wildman–Crippen LogP) is 3.01. The number of pyridine rings is 1. The molecule has 0 bridgehead atoms. The maximum absolute atomic E-state index is 13.2. The molecule has 2 aromatic rings. The van der Waals surface area contributed by atoms with E-state index in [0.29, 0.717) is 5.56 Å². The standard InChI is InChI=1S/C15H17FN2/c1-3-11-4-6-12(7-5-11)15(2,17)13-8-14(16)10-18-9-13/h4-10H,3,17H2,1-2H3. The van der Waals surface area contributed by atoms with Gasteiger partial charge in [0.15, 0.2) is 0 Å². The van der Waals surface area contributed by atoms with Crippen LogP contribution >= 0.6 is 0 Å². The first-order valence-electron chi connectivity index (χ1n) is 6.03. The molecule has 18 heavy (non-hydrogen) atoms. The van der Waals surface area contributed by atoms with Crippen LogP contribution in [0.25, 0.3) is 0 Å². The van der Waals surface area contributed by atoms with Crippen LogP contribution < -0.4 is 5.73 Å². The molecule has 1 atom stereocenters. The minimum absolute atomic E-state index is 0.366. The summed E-state index contributed by atoms with van der Waals surface area (Å²) < 4.78 is 13.2. The predicted molar refractivity (Wildman–Crippen MR) is 70.7 cm³/mol. The zero-order valence-corrected chi connectivity index (χ0v) is 10.7. The third kappa shape index (κ3) is 2.41. The summed E-state index contributed by atoms with van der Waals surface area (Å²) >= 11 is 0. The Morgan fingerprint density at radius 2 is 1.83 bits per heavy atom. The van der Waals surface area contributed by atoms with Crippen LogP contribution in [0.15, 0.2) is 42.7 Å². The SMILES string of the molecule is CCc1ccc(C(C)(N)c2cncc(F)c2)cc1. The summed E-state index contributed by atoms with van der Waals surface area (Å²) in [5, 5.41) is 0. The average Bonchev–Trinajstić information content (AvgIpc) is 2.39. The van der Waals surface area contributed by atoms with E-state index in [1.165, 1.54) is 17.8 Å². The Kier molecular flexibility index (Phi) is 3.43. The van der Waals surface area contributed by atoms with Crippen molar-refractivity contribution in [2.75, 3.05) is 0 Å². The summed E-state index contributed by atoms with van der Waals surface area (Å²) in [5.74, 6) is -0.366. The van der Waals surface area contributed by atoms with Crippen LogP contribution in [0.5, 0.6) is 0 Å². The molecule has 1 aromatic carbocycles. The summed E-state index contributed by atoms with van der Waals surface area (Å²) in [6.07, 6.45) is 3.78. The number of hydrogen-bond donors (Lipinski definition) is 1. The zero-order chi connectivity index (χ0) is 13.2. The largest absolute Gasteiger partial charge is 0.318 e. The highest BCUT2D eigenvalue weighted by Gasteiger charge is 2.24. The molecule has 2 nitrogen and oxygen atoms in total. The summed E-state index contributed by atoms with van der Waals surface area (Å²) in [7, 11) is 0. The van der Waals surface area contributed by atoms with Crippen molar-refractivity contribution in [1.82, 2.24) is 4.98 Å². The molecular formula is C15H17FN2. The maximum atomic E-state index is 13.2. The third-order valence-electron chi connectivity index (χ3n) is 3.27. The van der Waals surface area contributed by atoms with Crippen LogP contribution in [-0.4, -0.2) is 4.98 Å². The molecular weight excluding hydrogens is 227 g/mol. The lowest BCUT2D eigenvalue weighted by atomic mass is 9.86. The van der Waals surface area contributed by atoms with E-state index in [1.807, 2.05) is 31.2 Å². The van der Waals surface area contributed by atoms with Crippen molar-refractivity contribution in [3.8, 4) is 0 Å². The second kappa shape index (κ2) is 4.86. The van der Waals surface area contributed by atoms with Gasteiger partial charge in [-0.3, -0.25) is 4.98 Å². The molecule has 0 spiro atoms. The molecule has 0 radical (unpaired) electrons. The van der Waals surface area contributed by atoms with E-state index < -0.39 is 5.54 Å². The van der Waals surface area contributed by atoms with E-state index in [-0.39, 0.29) is 5.82 Å². The molecule has 0 saturated carbocycles. The van der Waals surface area contributed by atoms with Gasteiger partial charge in [0.1, 0.15) is 5.82 Å². The fourth-order valence-corrected chi connectivity index (χ4v) is 1.95. The van der Waals surface area contributed by atoms with Gasteiger partial charge >= 0.3 is 0 Å². The summed E-state index contributed by atoms with van der Waals surface area (Å²) in [4.78, 5) is 3.85. The zero-order valence-electron chi connectivity index (χ0n) is 10.7. The van der Waals surface area contributed by atoms with Crippen LogP contribution in [0.1, 0.15) is 30.5 Å². The summed E-state index contributed by atoms with van der Waals surface area (Å²) in [5.41, 5.74) is 8.46. The Bertz CT molecular complexity index is 532. The first-order valence-corrected chi connectivity index (χ1v) is 6.03. The van der Waals surface area contributed by atoms with Gasteiger partial charge in [0.25, 0.3) is 0 Å². The molecule has 3 heteroatoms. The summed E-state index contributed by atoms with van der Waals surface area (Å²) in [6, 6.07) is 9.51. The monoisotopic (exact) mass is 244 g/mol. The smallest absolute Gasteiger partial charge is 0.141 e. The minimum Gasteiger partial charge on any atom is -0.318 e. The third-order valence-corrected chi connectivity index (χ3v) is 3.27. The topological polar surface area (TPSA) is 38.9 Å². The number of halogens is 1. The van der Waals surface area contributed by atoms with Gasteiger partial charge in [-0.2, -0.15) is 0 Å². The normalized spacial score (nSPS) is 14.2. The molecule has 0 aliphatic carbocycles. The van der Waals surface area contributed by atoms with Crippen molar-refractivity contribution in [3.63, 3.8) is 0 Å². The van der Waals surface area contributed by atoms with Crippen molar-refractivity contribution >= 4 is 0 Å². The highest BCUT2D eigenvalue weighted by molar-refractivity contribution is 5.37. The van der Waals surface area contributed by atoms with Gasteiger partial charge in [0.2, 0.25) is 0 Å². The summed E-state index contributed by atoms with van der Waals surface area (Å²) in [6.45, 7) is 3.97. The molecule has 94 valence electrons. The van der Waals surface area contributed by atoms with Gasteiger partial charge in [-0.1, -0.05) is 31.2 Å². The van der Waals surface area contributed by atoms with Crippen LogP contribution in [-0.2, 0) is 12.0 Å².